The Hall–Kier alpha value is -2.08. The van der Waals surface area contributed by atoms with E-state index in [0.717, 1.165) is 51.2 Å². The molecule has 1 aromatic rings. The lowest BCUT2D eigenvalue weighted by Gasteiger charge is -2.34. The molecule has 26 heavy (non-hydrogen) atoms. The van der Waals surface area contributed by atoms with E-state index in [0.29, 0.717) is 5.92 Å². The van der Waals surface area contributed by atoms with Crippen molar-refractivity contribution in [3.8, 4) is 5.75 Å². The van der Waals surface area contributed by atoms with Crippen molar-refractivity contribution in [2.24, 2.45) is 5.92 Å². The summed E-state index contributed by atoms with van der Waals surface area (Å²) in [6, 6.07) is 8.16. The number of benzene rings is 1. The molecule has 0 aromatic heterocycles. The monoisotopic (exact) mass is 361 g/mol. The molecule has 0 radical (unpaired) electrons. The predicted octanol–water partition coefficient (Wildman–Crippen LogP) is 1.54. The van der Waals surface area contributed by atoms with Crippen molar-refractivity contribution in [1.82, 2.24) is 15.1 Å². The lowest BCUT2D eigenvalue weighted by Crippen LogP contribution is -2.44. The number of para-hydroxylation sites is 1. The number of hydrogen-bond donors (Lipinski definition) is 1. The standard InChI is InChI=1S/C20H31N3O3/c1-16(24)21-13-20(25)22(2)14-17-7-6-11-23(15-17)12-10-18-8-4-5-9-19(18)26-3/h4-5,8-9,17H,6-7,10-15H2,1-3H3,(H,21,24). The van der Waals surface area contributed by atoms with Gasteiger partial charge in [0.15, 0.2) is 0 Å². The number of nitrogens with one attached hydrogen (secondary N) is 1. The molecule has 2 rings (SSSR count). The summed E-state index contributed by atoms with van der Waals surface area (Å²) in [6.07, 6.45) is 3.27. The summed E-state index contributed by atoms with van der Waals surface area (Å²) in [7, 11) is 3.53. The van der Waals surface area contributed by atoms with E-state index >= 15 is 0 Å². The molecule has 1 atom stereocenters. The Labute approximate surface area is 156 Å². The third-order valence-electron chi connectivity index (χ3n) is 4.94. The molecule has 1 N–H and O–H groups in total. The van der Waals surface area contributed by atoms with E-state index in [1.807, 2.05) is 25.2 Å². The van der Waals surface area contributed by atoms with Crippen molar-refractivity contribution in [2.45, 2.75) is 26.2 Å². The van der Waals surface area contributed by atoms with Gasteiger partial charge in [0, 0.05) is 33.6 Å². The van der Waals surface area contributed by atoms with Gasteiger partial charge in [0.05, 0.1) is 13.7 Å². The van der Waals surface area contributed by atoms with Gasteiger partial charge in [-0.2, -0.15) is 0 Å². The van der Waals surface area contributed by atoms with E-state index in [9.17, 15) is 9.59 Å². The van der Waals surface area contributed by atoms with Crippen LogP contribution in [0, 0.1) is 5.92 Å². The molecule has 6 nitrogen and oxygen atoms in total. The van der Waals surface area contributed by atoms with Crippen molar-refractivity contribution in [3.63, 3.8) is 0 Å². The fourth-order valence-corrected chi connectivity index (χ4v) is 3.52. The number of carbonyl (C=O) groups excluding carboxylic acids is 2. The first-order valence-electron chi connectivity index (χ1n) is 9.32. The van der Waals surface area contributed by atoms with Gasteiger partial charge in [-0.25, -0.2) is 0 Å². The number of amides is 2. The number of likely N-dealkylation sites (N-methyl/N-ethyl adjacent to an activating group) is 1. The zero-order valence-corrected chi connectivity index (χ0v) is 16.2. The third-order valence-corrected chi connectivity index (χ3v) is 4.94. The Morgan fingerprint density at radius 3 is 2.85 bits per heavy atom. The lowest BCUT2D eigenvalue weighted by molar-refractivity contribution is -0.132. The third kappa shape index (κ3) is 6.33. The highest BCUT2D eigenvalue weighted by molar-refractivity contribution is 5.83. The van der Waals surface area contributed by atoms with E-state index in [1.54, 1.807) is 12.0 Å². The molecule has 2 amide bonds. The van der Waals surface area contributed by atoms with Crippen LogP contribution in [0.3, 0.4) is 0 Å². The Kier molecular flexibility index (Phi) is 7.91. The van der Waals surface area contributed by atoms with Gasteiger partial charge < -0.3 is 19.9 Å². The quantitative estimate of drug-likeness (QED) is 0.763. The maximum Gasteiger partial charge on any atom is 0.241 e. The summed E-state index contributed by atoms with van der Waals surface area (Å²) in [5, 5.41) is 2.57. The molecule has 1 aliphatic heterocycles. The highest BCUT2D eigenvalue weighted by atomic mass is 16.5. The summed E-state index contributed by atoms with van der Waals surface area (Å²) in [6.45, 7) is 5.36. The summed E-state index contributed by atoms with van der Waals surface area (Å²) in [5.41, 5.74) is 1.24. The highest BCUT2D eigenvalue weighted by Crippen LogP contribution is 2.21. The first kappa shape index (κ1) is 20.2. The van der Waals surface area contributed by atoms with Crippen LogP contribution in [0.4, 0.5) is 0 Å². The van der Waals surface area contributed by atoms with Gasteiger partial charge >= 0.3 is 0 Å². The summed E-state index contributed by atoms with van der Waals surface area (Å²) in [5.74, 6) is 1.22. The average molecular weight is 361 g/mol. The molecule has 1 aromatic carbocycles. The zero-order valence-electron chi connectivity index (χ0n) is 16.2. The van der Waals surface area contributed by atoms with Crippen LogP contribution >= 0.6 is 0 Å². The Morgan fingerprint density at radius 1 is 1.35 bits per heavy atom. The van der Waals surface area contributed by atoms with Crippen LogP contribution in [0.1, 0.15) is 25.3 Å². The van der Waals surface area contributed by atoms with Crippen LogP contribution < -0.4 is 10.1 Å². The molecular weight excluding hydrogens is 330 g/mol. The molecule has 1 unspecified atom stereocenters. The second-order valence-electron chi connectivity index (χ2n) is 7.05. The van der Waals surface area contributed by atoms with Crippen molar-refractivity contribution >= 4 is 11.8 Å². The minimum Gasteiger partial charge on any atom is -0.496 e. The van der Waals surface area contributed by atoms with Crippen molar-refractivity contribution in [1.29, 1.82) is 0 Å². The van der Waals surface area contributed by atoms with Crippen LogP contribution in [0.15, 0.2) is 24.3 Å². The fraction of sp³-hybridized carbons (Fsp3) is 0.600. The largest absolute Gasteiger partial charge is 0.496 e. The Morgan fingerprint density at radius 2 is 2.12 bits per heavy atom. The number of rotatable bonds is 8. The number of piperidine rings is 1. The first-order chi connectivity index (χ1) is 12.5. The van der Waals surface area contributed by atoms with E-state index in [-0.39, 0.29) is 18.4 Å². The first-order valence-corrected chi connectivity index (χ1v) is 9.32. The predicted molar refractivity (Wildman–Crippen MR) is 102 cm³/mol. The maximum absolute atomic E-state index is 12.1. The molecule has 0 bridgehead atoms. The van der Waals surface area contributed by atoms with Crippen molar-refractivity contribution in [3.05, 3.63) is 29.8 Å². The number of hydrogen-bond acceptors (Lipinski definition) is 4. The van der Waals surface area contributed by atoms with Gasteiger partial charge in [-0.1, -0.05) is 18.2 Å². The van der Waals surface area contributed by atoms with Crippen molar-refractivity contribution in [2.75, 3.05) is 46.9 Å². The number of nitrogens with zero attached hydrogens (tertiary/aromatic N) is 2. The highest BCUT2D eigenvalue weighted by Gasteiger charge is 2.22. The normalized spacial score (nSPS) is 17.6. The van der Waals surface area contributed by atoms with Crippen LogP contribution in [0.25, 0.3) is 0 Å². The minimum atomic E-state index is -0.174. The van der Waals surface area contributed by atoms with E-state index in [4.69, 9.17) is 4.74 Å². The smallest absolute Gasteiger partial charge is 0.241 e. The molecule has 0 aliphatic carbocycles. The SMILES string of the molecule is COc1ccccc1CCN1CCCC(CN(C)C(=O)CNC(C)=O)C1. The van der Waals surface area contributed by atoms with Gasteiger partial charge in [-0.3, -0.25) is 9.59 Å². The molecule has 0 spiro atoms. The molecule has 6 heteroatoms. The average Bonchev–Trinajstić information content (AvgIpc) is 2.64. The van der Waals surface area contributed by atoms with Crippen LogP contribution in [-0.2, 0) is 16.0 Å². The van der Waals surface area contributed by atoms with Crippen LogP contribution in [0.2, 0.25) is 0 Å². The van der Waals surface area contributed by atoms with Crippen LogP contribution in [-0.4, -0.2) is 68.5 Å². The Balaban J connectivity index is 1.79. The van der Waals surface area contributed by atoms with E-state index < -0.39 is 0 Å². The number of likely N-dealkylation sites (tertiary alicyclic amines) is 1. The molecule has 1 aliphatic rings. The Bertz CT molecular complexity index is 606. The summed E-state index contributed by atoms with van der Waals surface area (Å²) in [4.78, 5) is 27.2. The summed E-state index contributed by atoms with van der Waals surface area (Å²) >= 11 is 0. The molecule has 1 heterocycles. The van der Waals surface area contributed by atoms with Gasteiger partial charge in [0.2, 0.25) is 11.8 Å². The van der Waals surface area contributed by atoms with Gasteiger partial charge in [-0.15, -0.1) is 0 Å². The van der Waals surface area contributed by atoms with Gasteiger partial charge in [0.1, 0.15) is 5.75 Å². The fourth-order valence-electron chi connectivity index (χ4n) is 3.52. The molecule has 144 valence electrons. The molecular formula is C20H31N3O3. The van der Waals surface area contributed by atoms with Gasteiger partial charge in [0.25, 0.3) is 0 Å². The number of carbonyl (C=O) groups is 2. The zero-order chi connectivity index (χ0) is 18.9. The van der Waals surface area contributed by atoms with Crippen molar-refractivity contribution < 1.29 is 14.3 Å². The van der Waals surface area contributed by atoms with E-state index in [1.165, 1.54) is 12.5 Å². The second kappa shape index (κ2) is 10.2. The molecule has 1 fully saturated rings. The second-order valence-corrected chi connectivity index (χ2v) is 7.05. The summed E-state index contributed by atoms with van der Waals surface area (Å²) < 4.78 is 5.43. The minimum absolute atomic E-state index is 0.0358. The van der Waals surface area contributed by atoms with E-state index in [2.05, 4.69) is 16.3 Å². The molecule has 1 saturated heterocycles. The number of ether oxygens (including phenoxy) is 1. The topological polar surface area (TPSA) is 61.9 Å². The molecule has 0 saturated carbocycles. The lowest BCUT2D eigenvalue weighted by atomic mass is 9.97. The maximum atomic E-state index is 12.1. The van der Waals surface area contributed by atoms with Crippen LogP contribution in [0.5, 0.6) is 5.75 Å². The number of methoxy groups -OCH3 is 1. The van der Waals surface area contributed by atoms with Gasteiger partial charge in [-0.05, 0) is 43.4 Å².